The highest BCUT2D eigenvalue weighted by molar-refractivity contribution is 5.86. The summed E-state index contributed by atoms with van der Waals surface area (Å²) in [4.78, 5) is 18.6. The lowest BCUT2D eigenvalue weighted by Gasteiger charge is -2.29. The van der Waals surface area contributed by atoms with Crippen molar-refractivity contribution in [1.29, 1.82) is 0 Å². The first-order chi connectivity index (χ1) is 9.99. The molecule has 3 atom stereocenters. The topological polar surface area (TPSA) is 33.2 Å². The monoisotopic (exact) mass is 294 g/mol. The van der Waals surface area contributed by atoms with Crippen LogP contribution in [0.3, 0.4) is 0 Å². The van der Waals surface area contributed by atoms with Crippen LogP contribution in [-0.2, 0) is 4.79 Å². The van der Waals surface area contributed by atoms with Gasteiger partial charge in [0.2, 0.25) is 5.91 Å². The summed E-state index contributed by atoms with van der Waals surface area (Å²) in [6.45, 7) is 3.64. The molecule has 1 amide bonds. The van der Waals surface area contributed by atoms with Crippen molar-refractivity contribution in [2.75, 3.05) is 0 Å². The fourth-order valence-electron chi connectivity index (χ4n) is 3.88. The minimum atomic E-state index is -2.59. The van der Waals surface area contributed by atoms with Crippen LogP contribution >= 0.6 is 0 Å². The molecule has 1 aromatic rings. The minimum Gasteiger partial charge on any atom is -0.332 e. The highest BCUT2D eigenvalue weighted by Gasteiger charge is 2.59. The predicted molar refractivity (Wildman–Crippen MR) is 74.9 cm³/mol. The van der Waals surface area contributed by atoms with Gasteiger partial charge in [0.1, 0.15) is 5.41 Å². The second kappa shape index (κ2) is 5.04. The lowest BCUT2D eigenvalue weighted by atomic mass is 9.81. The average Bonchev–Trinajstić information content (AvgIpc) is 2.98. The fraction of sp³-hybridized carbons (Fsp3) is 0.625. The molecule has 3 heterocycles. The van der Waals surface area contributed by atoms with Gasteiger partial charge >= 0.3 is 0 Å². The number of rotatable bonds is 3. The predicted octanol–water partition coefficient (Wildman–Crippen LogP) is 3.49. The molecule has 2 aliphatic heterocycles. The Hall–Kier alpha value is -1.52. The lowest BCUT2D eigenvalue weighted by Crippen LogP contribution is -2.40. The molecule has 0 spiro atoms. The van der Waals surface area contributed by atoms with Gasteiger partial charge < -0.3 is 4.90 Å². The number of alkyl halides is 2. The molecule has 2 saturated heterocycles. The van der Waals surface area contributed by atoms with E-state index in [0.717, 1.165) is 24.0 Å². The number of hydrogen-bond donors (Lipinski definition) is 0. The van der Waals surface area contributed by atoms with Crippen LogP contribution in [-0.4, -0.2) is 28.3 Å². The molecule has 2 unspecified atom stereocenters. The summed E-state index contributed by atoms with van der Waals surface area (Å²) >= 11 is 0. The zero-order valence-corrected chi connectivity index (χ0v) is 12.4. The largest absolute Gasteiger partial charge is 0.332 e. The molecule has 0 bridgehead atoms. The second-order valence-electron chi connectivity index (χ2n) is 6.27. The number of carbonyl (C=O) groups excluding carboxylic acids is 1. The zero-order chi connectivity index (χ0) is 15.2. The van der Waals surface area contributed by atoms with E-state index in [1.807, 2.05) is 13.0 Å². The van der Waals surface area contributed by atoms with Gasteiger partial charge in [0.15, 0.2) is 0 Å². The van der Waals surface area contributed by atoms with Crippen molar-refractivity contribution in [3.8, 4) is 0 Å². The first-order valence-corrected chi connectivity index (χ1v) is 7.52. The van der Waals surface area contributed by atoms with E-state index < -0.39 is 11.8 Å². The van der Waals surface area contributed by atoms with Crippen LogP contribution in [0.5, 0.6) is 0 Å². The molecule has 0 N–H and O–H groups in total. The van der Waals surface area contributed by atoms with Crippen molar-refractivity contribution in [2.45, 2.75) is 58.0 Å². The quantitative estimate of drug-likeness (QED) is 0.855. The Morgan fingerprint density at radius 2 is 2.19 bits per heavy atom. The number of carbonyl (C=O) groups is 1. The summed E-state index contributed by atoms with van der Waals surface area (Å²) in [7, 11) is 0. The number of hydrogen-bond acceptors (Lipinski definition) is 2. The van der Waals surface area contributed by atoms with E-state index in [1.165, 1.54) is 0 Å². The van der Waals surface area contributed by atoms with Crippen molar-refractivity contribution >= 4 is 5.91 Å². The highest BCUT2D eigenvalue weighted by Crippen LogP contribution is 2.52. The van der Waals surface area contributed by atoms with E-state index in [1.54, 1.807) is 24.2 Å². The van der Waals surface area contributed by atoms with Crippen molar-refractivity contribution < 1.29 is 13.6 Å². The SMILES string of the molecule is CCC1(C(F)F)C[C@H]2CCC(c3cncc(C)c3)N2C1=O. The van der Waals surface area contributed by atoms with Crippen molar-refractivity contribution in [3.05, 3.63) is 29.6 Å². The van der Waals surface area contributed by atoms with Gasteiger partial charge in [0.25, 0.3) is 6.43 Å². The van der Waals surface area contributed by atoms with Crippen LogP contribution in [0.25, 0.3) is 0 Å². The van der Waals surface area contributed by atoms with Crippen LogP contribution in [0.2, 0.25) is 0 Å². The Kier molecular flexibility index (Phi) is 3.46. The number of nitrogens with zero attached hydrogens (tertiary/aromatic N) is 2. The summed E-state index contributed by atoms with van der Waals surface area (Å²) in [5.41, 5.74) is 0.519. The van der Waals surface area contributed by atoms with Gasteiger partial charge in [0, 0.05) is 18.4 Å². The van der Waals surface area contributed by atoms with Crippen LogP contribution in [0, 0.1) is 12.3 Å². The second-order valence-corrected chi connectivity index (χ2v) is 6.27. The third kappa shape index (κ3) is 2.05. The third-order valence-corrected chi connectivity index (χ3v) is 5.09. The van der Waals surface area contributed by atoms with Gasteiger partial charge in [-0.05, 0) is 43.7 Å². The van der Waals surface area contributed by atoms with E-state index in [-0.39, 0.29) is 30.8 Å². The normalized spacial score (nSPS) is 32.0. The highest BCUT2D eigenvalue weighted by atomic mass is 19.3. The summed E-state index contributed by atoms with van der Waals surface area (Å²) in [6.07, 6.45) is 3.06. The van der Waals surface area contributed by atoms with Gasteiger partial charge in [0.05, 0.1) is 6.04 Å². The summed E-state index contributed by atoms with van der Waals surface area (Å²) < 4.78 is 27.0. The number of amides is 1. The molecular formula is C16H20F2N2O. The smallest absolute Gasteiger partial charge is 0.252 e. The number of aromatic nitrogens is 1. The molecule has 0 radical (unpaired) electrons. The van der Waals surface area contributed by atoms with Crippen LogP contribution in [0.15, 0.2) is 18.5 Å². The van der Waals surface area contributed by atoms with Crippen molar-refractivity contribution in [3.63, 3.8) is 0 Å². The van der Waals surface area contributed by atoms with Gasteiger partial charge in [-0.25, -0.2) is 8.78 Å². The van der Waals surface area contributed by atoms with Crippen LogP contribution in [0.1, 0.15) is 49.8 Å². The molecule has 0 aliphatic carbocycles. The number of fused-ring (bicyclic) bond motifs is 1. The number of aryl methyl sites for hydroxylation is 1. The molecule has 0 saturated carbocycles. The molecule has 5 heteroatoms. The number of pyridine rings is 1. The molecule has 21 heavy (non-hydrogen) atoms. The molecule has 2 aliphatic rings. The fourth-order valence-corrected chi connectivity index (χ4v) is 3.88. The van der Waals surface area contributed by atoms with Gasteiger partial charge in [-0.2, -0.15) is 0 Å². The Bertz CT molecular complexity index is 563. The molecule has 3 nitrogen and oxygen atoms in total. The van der Waals surface area contributed by atoms with Crippen LogP contribution in [0.4, 0.5) is 8.78 Å². The zero-order valence-electron chi connectivity index (χ0n) is 12.4. The van der Waals surface area contributed by atoms with Gasteiger partial charge in [-0.1, -0.05) is 13.0 Å². The van der Waals surface area contributed by atoms with E-state index in [4.69, 9.17) is 0 Å². The van der Waals surface area contributed by atoms with Crippen LogP contribution < -0.4 is 0 Å². The Morgan fingerprint density at radius 3 is 2.81 bits per heavy atom. The molecule has 1 aromatic heterocycles. The summed E-state index contributed by atoms with van der Waals surface area (Å²) in [5.74, 6) is -0.367. The summed E-state index contributed by atoms with van der Waals surface area (Å²) in [5, 5.41) is 0. The number of halogens is 2. The van der Waals surface area contributed by atoms with E-state index in [0.29, 0.717) is 0 Å². The standard InChI is InChI=1S/C16H20F2N2O/c1-3-16(14(17)18)7-12-4-5-13(20(12)15(16)21)11-6-10(2)8-19-9-11/h6,8-9,12-14H,3-5,7H2,1-2H3/t12-,13?,16?/m1/s1. The minimum absolute atomic E-state index is 0.0445. The van der Waals surface area contributed by atoms with E-state index in [2.05, 4.69) is 4.98 Å². The maximum Gasteiger partial charge on any atom is 0.252 e. The molecule has 3 rings (SSSR count). The maximum atomic E-state index is 13.5. The van der Waals surface area contributed by atoms with Crippen molar-refractivity contribution in [2.24, 2.45) is 5.41 Å². The average molecular weight is 294 g/mol. The molecular weight excluding hydrogens is 274 g/mol. The molecule has 114 valence electrons. The first kappa shape index (κ1) is 14.4. The Balaban J connectivity index is 1.94. The van der Waals surface area contributed by atoms with Gasteiger partial charge in [-0.15, -0.1) is 0 Å². The maximum absolute atomic E-state index is 13.5. The first-order valence-electron chi connectivity index (χ1n) is 7.52. The van der Waals surface area contributed by atoms with Gasteiger partial charge in [-0.3, -0.25) is 9.78 Å². The van der Waals surface area contributed by atoms with E-state index >= 15 is 0 Å². The van der Waals surface area contributed by atoms with Crippen molar-refractivity contribution in [1.82, 2.24) is 9.88 Å². The van der Waals surface area contributed by atoms with E-state index in [9.17, 15) is 13.6 Å². The summed E-state index contributed by atoms with van der Waals surface area (Å²) in [6, 6.07) is 1.86. The molecule has 2 fully saturated rings. The molecule has 0 aromatic carbocycles. The lowest BCUT2D eigenvalue weighted by molar-refractivity contribution is -0.146. The third-order valence-electron chi connectivity index (χ3n) is 5.09. The Labute approximate surface area is 123 Å². The Morgan fingerprint density at radius 1 is 1.43 bits per heavy atom.